The number of fused-ring (bicyclic) bond motifs is 3. The van der Waals surface area contributed by atoms with E-state index in [1.807, 2.05) is 76.2 Å². The molecule has 1 N–H and O–H groups in total. The largest absolute Gasteiger partial charge is 0.348 e. The minimum Gasteiger partial charge on any atom is -0.348 e. The summed E-state index contributed by atoms with van der Waals surface area (Å²) in [6, 6.07) is 14.0. The summed E-state index contributed by atoms with van der Waals surface area (Å²) in [7, 11) is 0. The van der Waals surface area contributed by atoms with Crippen molar-refractivity contribution in [2.75, 3.05) is 4.90 Å². The molecule has 1 aliphatic carbocycles. The van der Waals surface area contributed by atoms with Gasteiger partial charge in [0.25, 0.3) is 0 Å². The molecule has 0 radical (unpaired) electrons. The summed E-state index contributed by atoms with van der Waals surface area (Å²) in [6.45, 7) is 9.11. The predicted octanol–water partition coefficient (Wildman–Crippen LogP) is 9.54. The van der Waals surface area contributed by atoms with Gasteiger partial charge in [-0.15, -0.1) is 0 Å². The van der Waals surface area contributed by atoms with Gasteiger partial charge < -0.3 is 10.2 Å². The summed E-state index contributed by atoms with van der Waals surface area (Å²) in [5.74, 6) is -7.95. The zero-order valence-corrected chi connectivity index (χ0v) is 22.7. The first-order valence-electron chi connectivity index (χ1n) is 13.1. The average molecular weight is 547 g/mol. The van der Waals surface area contributed by atoms with Gasteiger partial charge in [-0.3, -0.25) is 0 Å². The molecule has 3 aromatic carbocycles. The van der Waals surface area contributed by atoms with Crippen LogP contribution in [0.25, 0.3) is 5.57 Å². The van der Waals surface area contributed by atoms with Crippen molar-refractivity contribution in [1.29, 1.82) is 0 Å². The van der Waals surface area contributed by atoms with Crippen LogP contribution in [-0.4, -0.2) is 6.04 Å². The lowest BCUT2D eigenvalue weighted by Gasteiger charge is -2.39. The van der Waals surface area contributed by atoms with E-state index in [-0.39, 0.29) is 11.1 Å². The molecule has 3 aliphatic rings. The molecule has 0 aromatic heterocycles. The van der Waals surface area contributed by atoms with Crippen LogP contribution in [0.15, 0.2) is 88.9 Å². The molecule has 0 saturated heterocycles. The molecular formula is C33H27F5N2. The third kappa shape index (κ3) is 3.53. The summed E-state index contributed by atoms with van der Waals surface area (Å²) < 4.78 is 75.2. The van der Waals surface area contributed by atoms with Gasteiger partial charge in [-0.2, -0.15) is 4.39 Å². The molecular weight excluding hydrogens is 519 g/mol. The smallest absolute Gasteiger partial charge is 0.197 e. The van der Waals surface area contributed by atoms with Crippen LogP contribution in [-0.2, 0) is 6.42 Å². The van der Waals surface area contributed by atoms with Crippen molar-refractivity contribution in [1.82, 2.24) is 5.32 Å². The van der Waals surface area contributed by atoms with E-state index in [0.717, 1.165) is 39.2 Å². The number of hydrogen-bond donors (Lipinski definition) is 1. The van der Waals surface area contributed by atoms with E-state index in [2.05, 4.69) is 10.2 Å². The Kier molecular flexibility index (Phi) is 6.02. The molecule has 0 saturated carbocycles. The quantitative estimate of drug-likeness (QED) is 0.199. The fraction of sp³-hybridized carbons (Fsp3) is 0.212. The number of benzene rings is 3. The van der Waals surface area contributed by atoms with Crippen LogP contribution < -0.4 is 10.2 Å². The second-order valence-electron chi connectivity index (χ2n) is 10.6. The molecule has 2 nitrogen and oxygen atoms in total. The normalized spacial score (nSPS) is 18.6. The Hall–Kier alpha value is -4.13. The van der Waals surface area contributed by atoms with Crippen molar-refractivity contribution >= 4 is 22.6 Å². The number of rotatable bonds is 2. The maximum Gasteiger partial charge on any atom is 0.197 e. The highest BCUT2D eigenvalue weighted by Crippen LogP contribution is 2.53. The monoisotopic (exact) mass is 546 g/mol. The Morgan fingerprint density at radius 2 is 1.23 bits per heavy atom. The second kappa shape index (κ2) is 9.22. The van der Waals surface area contributed by atoms with E-state index in [9.17, 15) is 8.78 Å². The molecule has 3 aromatic rings. The summed E-state index contributed by atoms with van der Waals surface area (Å²) in [6.07, 6.45) is 0.701. The van der Waals surface area contributed by atoms with Crippen molar-refractivity contribution in [3.63, 3.8) is 0 Å². The first-order chi connectivity index (χ1) is 19.0. The highest BCUT2D eigenvalue weighted by atomic mass is 19.2. The van der Waals surface area contributed by atoms with Crippen molar-refractivity contribution in [2.24, 2.45) is 0 Å². The molecule has 1 atom stereocenters. The number of halogens is 5. The first-order valence-corrected chi connectivity index (χ1v) is 13.1. The minimum absolute atomic E-state index is 0.00999. The van der Waals surface area contributed by atoms with Crippen LogP contribution in [0, 0.1) is 27.7 Å². The Morgan fingerprint density at radius 1 is 0.675 bits per heavy atom. The molecule has 6 rings (SSSR count). The van der Waals surface area contributed by atoms with Crippen molar-refractivity contribution in [3.05, 3.63) is 128 Å². The van der Waals surface area contributed by atoms with Crippen LogP contribution >= 0.6 is 0 Å². The number of hydrogen-bond acceptors (Lipinski definition) is 2. The van der Waals surface area contributed by atoms with E-state index in [0.29, 0.717) is 23.2 Å². The van der Waals surface area contributed by atoms with Gasteiger partial charge in [0.1, 0.15) is 6.04 Å². The standard InChI is InChI=1S/C33H27F5N2/c1-15-16(2)18(4)32(40-22-12-8-6-10-20(22)14-21-11-7-9-13-23(21)40)25(17(15)3)24-19(5)33(38)39-31-26(24)27(34)28(35)29(36)30(31)37/h6-13,31,39H,14H2,1-5H3. The van der Waals surface area contributed by atoms with E-state index in [1.165, 1.54) is 6.92 Å². The Morgan fingerprint density at radius 3 is 1.82 bits per heavy atom. The fourth-order valence-corrected chi connectivity index (χ4v) is 6.17. The molecule has 2 heterocycles. The summed E-state index contributed by atoms with van der Waals surface area (Å²) >= 11 is 0. The van der Waals surface area contributed by atoms with Gasteiger partial charge in [-0.1, -0.05) is 36.4 Å². The highest BCUT2D eigenvalue weighted by Gasteiger charge is 2.43. The van der Waals surface area contributed by atoms with Gasteiger partial charge in [-0.25, -0.2) is 17.6 Å². The van der Waals surface area contributed by atoms with E-state index < -0.39 is 40.9 Å². The molecule has 0 bridgehead atoms. The van der Waals surface area contributed by atoms with E-state index in [1.54, 1.807) is 0 Å². The van der Waals surface area contributed by atoms with Crippen LogP contribution in [0.3, 0.4) is 0 Å². The number of nitrogens with one attached hydrogen (secondary N) is 1. The number of nitrogens with zero attached hydrogens (tertiary/aromatic N) is 1. The minimum atomic E-state index is -1.96. The Balaban J connectivity index is 1.79. The number of para-hydroxylation sites is 2. The Labute approximate surface area is 229 Å². The molecule has 0 amide bonds. The predicted molar refractivity (Wildman–Crippen MR) is 149 cm³/mol. The molecule has 0 fully saturated rings. The lowest BCUT2D eigenvalue weighted by Crippen LogP contribution is -2.37. The highest BCUT2D eigenvalue weighted by molar-refractivity contribution is 5.99. The van der Waals surface area contributed by atoms with Crippen LogP contribution in [0.2, 0.25) is 0 Å². The zero-order chi connectivity index (χ0) is 28.6. The molecule has 1 unspecified atom stereocenters. The topological polar surface area (TPSA) is 15.3 Å². The van der Waals surface area contributed by atoms with Crippen LogP contribution in [0.5, 0.6) is 0 Å². The maximum atomic E-state index is 15.6. The van der Waals surface area contributed by atoms with Gasteiger partial charge in [-0.05, 0) is 80.1 Å². The van der Waals surface area contributed by atoms with Crippen molar-refractivity contribution < 1.29 is 22.0 Å². The van der Waals surface area contributed by atoms with E-state index in [4.69, 9.17) is 0 Å². The second-order valence-corrected chi connectivity index (χ2v) is 10.6. The SMILES string of the molecule is CC1=C(F)NC2C(F)=C(F)C(F)=C(F)C2=C1c1c(C)c(C)c(C)c(C)c1N1c2ccccc2Cc2ccccc21. The summed E-state index contributed by atoms with van der Waals surface area (Å²) in [4.78, 5) is 2.07. The maximum absolute atomic E-state index is 15.6. The average Bonchev–Trinajstić information content (AvgIpc) is 2.96. The Bertz CT molecular complexity index is 1710. The lowest BCUT2D eigenvalue weighted by atomic mass is 9.79. The fourth-order valence-electron chi connectivity index (χ4n) is 6.17. The van der Waals surface area contributed by atoms with Crippen LogP contribution in [0.1, 0.15) is 45.9 Å². The van der Waals surface area contributed by atoms with Gasteiger partial charge >= 0.3 is 0 Å². The van der Waals surface area contributed by atoms with Gasteiger partial charge in [0.15, 0.2) is 29.3 Å². The number of anilines is 3. The molecule has 2 aliphatic heterocycles. The van der Waals surface area contributed by atoms with Gasteiger partial charge in [0.05, 0.1) is 5.69 Å². The zero-order valence-electron chi connectivity index (χ0n) is 22.7. The summed E-state index contributed by atoms with van der Waals surface area (Å²) in [5, 5.41) is 2.22. The van der Waals surface area contributed by atoms with E-state index >= 15 is 13.2 Å². The van der Waals surface area contributed by atoms with Gasteiger partial charge in [0.2, 0.25) is 0 Å². The first kappa shape index (κ1) is 26.1. The third-order valence-electron chi connectivity index (χ3n) is 8.59. The molecule has 0 spiro atoms. The lowest BCUT2D eigenvalue weighted by molar-refractivity contribution is 0.390. The molecule has 7 heteroatoms. The number of dihydropyridines is 1. The molecule has 204 valence electrons. The molecule has 40 heavy (non-hydrogen) atoms. The van der Waals surface area contributed by atoms with Gasteiger partial charge in [0, 0.05) is 40.1 Å². The van der Waals surface area contributed by atoms with Crippen LogP contribution in [0.4, 0.5) is 39.0 Å². The third-order valence-corrected chi connectivity index (χ3v) is 8.59. The summed E-state index contributed by atoms with van der Waals surface area (Å²) in [5.41, 5.74) is 7.97. The van der Waals surface area contributed by atoms with Crippen molar-refractivity contribution in [2.45, 2.75) is 47.1 Å². The van der Waals surface area contributed by atoms with Crippen molar-refractivity contribution in [3.8, 4) is 0 Å². The number of allylic oxidation sites excluding steroid dienone is 4.